The van der Waals surface area contributed by atoms with Crippen LogP contribution in [0.1, 0.15) is 34.0 Å². The minimum atomic E-state index is -0.795. The molecule has 4 rings (SSSR count). The number of thiazole rings is 1. The highest BCUT2D eigenvalue weighted by Crippen LogP contribution is 2.41. The number of carbonyl (C=O) groups is 1. The van der Waals surface area contributed by atoms with Crippen molar-refractivity contribution in [2.45, 2.75) is 24.9 Å². The zero-order chi connectivity index (χ0) is 14.4. The van der Waals surface area contributed by atoms with E-state index in [2.05, 4.69) is 4.98 Å². The van der Waals surface area contributed by atoms with Crippen LogP contribution in [0.15, 0.2) is 24.3 Å². The molecule has 1 aliphatic carbocycles. The minimum Gasteiger partial charge on any atom is -0.485 e. The number of carboxylic acids is 1. The van der Waals surface area contributed by atoms with Gasteiger partial charge in [-0.2, -0.15) is 0 Å². The van der Waals surface area contributed by atoms with Gasteiger partial charge in [0.25, 0.3) is 0 Å². The van der Waals surface area contributed by atoms with Crippen molar-refractivity contribution in [1.82, 2.24) is 4.98 Å². The predicted octanol–water partition coefficient (Wildman–Crippen LogP) is 2.77. The van der Waals surface area contributed by atoms with Crippen molar-refractivity contribution >= 4 is 17.3 Å². The maximum Gasteiger partial charge on any atom is 0.312 e. The van der Waals surface area contributed by atoms with Crippen LogP contribution in [0, 0.1) is 0 Å². The van der Waals surface area contributed by atoms with Crippen LogP contribution < -0.4 is 9.47 Å². The molecule has 108 valence electrons. The summed E-state index contributed by atoms with van der Waals surface area (Å²) < 4.78 is 11.6. The number of aromatic nitrogens is 1. The van der Waals surface area contributed by atoms with Gasteiger partial charge in [0.15, 0.2) is 17.6 Å². The lowest BCUT2D eigenvalue weighted by Gasteiger charge is -2.25. The van der Waals surface area contributed by atoms with Crippen molar-refractivity contribution in [3.63, 3.8) is 0 Å². The highest BCUT2D eigenvalue weighted by atomic mass is 32.1. The highest BCUT2D eigenvalue weighted by Gasteiger charge is 2.35. The van der Waals surface area contributed by atoms with Gasteiger partial charge in [0.2, 0.25) is 0 Å². The first kappa shape index (κ1) is 12.6. The normalized spacial score (nSPS) is 22.9. The van der Waals surface area contributed by atoms with E-state index < -0.39 is 11.9 Å². The summed E-state index contributed by atoms with van der Waals surface area (Å²) >= 11 is 1.54. The van der Waals surface area contributed by atoms with E-state index in [4.69, 9.17) is 9.47 Å². The third kappa shape index (κ3) is 2.06. The first-order valence-corrected chi connectivity index (χ1v) is 7.65. The molecule has 0 radical (unpaired) electrons. The van der Waals surface area contributed by atoms with E-state index >= 15 is 0 Å². The molecule has 1 aromatic carbocycles. The molecular formula is C15H13NO4S. The molecule has 2 heterocycles. The topological polar surface area (TPSA) is 68.7 Å². The maximum absolute atomic E-state index is 11.2. The van der Waals surface area contributed by atoms with Crippen molar-refractivity contribution in [3.8, 4) is 11.5 Å². The summed E-state index contributed by atoms with van der Waals surface area (Å²) in [6.45, 7) is 0.404. The lowest BCUT2D eigenvalue weighted by atomic mass is 10.1. The molecule has 0 spiro atoms. The number of rotatable bonds is 2. The molecule has 1 aliphatic heterocycles. The second-order valence-electron chi connectivity index (χ2n) is 5.15. The van der Waals surface area contributed by atoms with Gasteiger partial charge in [0.1, 0.15) is 17.5 Å². The molecule has 5 nitrogen and oxygen atoms in total. The quantitative estimate of drug-likeness (QED) is 0.924. The minimum absolute atomic E-state index is 0.259. The molecule has 1 aromatic heterocycles. The van der Waals surface area contributed by atoms with Crippen LogP contribution in [0.3, 0.4) is 0 Å². The average molecular weight is 303 g/mol. The summed E-state index contributed by atoms with van der Waals surface area (Å²) in [4.78, 5) is 16.8. The Morgan fingerprint density at radius 3 is 2.95 bits per heavy atom. The fourth-order valence-electron chi connectivity index (χ4n) is 2.77. The number of ether oxygens (including phenoxy) is 2. The number of nitrogens with zero attached hydrogens (tertiary/aromatic N) is 1. The molecule has 1 N–H and O–H groups in total. The average Bonchev–Trinajstić information content (AvgIpc) is 3.06. The fraction of sp³-hybridized carbons (Fsp3) is 0.333. The smallest absolute Gasteiger partial charge is 0.312 e. The van der Waals surface area contributed by atoms with E-state index in [9.17, 15) is 9.90 Å². The number of aryl methyl sites for hydroxylation is 1. The zero-order valence-electron chi connectivity index (χ0n) is 11.1. The van der Waals surface area contributed by atoms with Crippen LogP contribution in [0.2, 0.25) is 0 Å². The van der Waals surface area contributed by atoms with Crippen molar-refractivity contribution in [2.24, 2.45) is 0 Å². The second-order valence-corrected chi connectivity index (χ2v) is 6.27. The molecule has 6 heteroatoms. The Hall–Kier alpha value is -2.08. The zero-order valence-corrected chi connectivity index (χ0v) is 11.9. The summed E-state index contributed by atoms with van der Waals surface area (Å²) in [5.74, 6) is 0.179. The lowest BCUT2D eigenvalue weighted by molar-refractivity contribution is -0.138. The van der Waals surface area contributed by atoms with Crippen LogP contribution in [0.25, 0.3) is 0 Å². The molecule has 2 unspecified atom stereocenters. The van der Waals surface area contributed by atoms with Gasteiger partial charge in [0.05, 0.1) is 5.69 Å². The molecule has 2 aliphatic rings. The Kier molecular flexibility index (Phi) is 2.85. The predicted molar refractivity (Wildman–Crippen MR) is 76.1 cm³/mol. The Balaban J connectivity index is 1.62. The standard InChI is InChI=1S/C15H13NO4S/c17-15(18)8-5-6-12-13(8)16-14(21-12)11-7-19-9-3-1-2-4-10(9)20-11/h1-4,8,11H,5-7H2,(H,17,18). The molecule has 0 bridgehead atoms. The lowest BCUT2D eigenvalue weighted by Crippen LogP contribution is -2.21. The van der Waals surface area contributed by atoms with Gasteiger partial charge in [-0.15, -0.1) is 11.3 Å². The second kappa shape index (κ2) is 4.73. The van der Waals surface area contributed by atoms with Gasteiger partial charge in [-0.25, -0.2) is 4.98 Å². The van der Waals surface area contributed by atoms with E-state index in [1.165, 1.54) is 0 Å². The van der Waals surface area contributed by atoms with E-state index in [0.717, 1.165) is 22.1 Å². The largest absolute Gasteiger partial charge is 0.485 e. The Labute approximate surface area is 125 Å². The molecule has 0 saturated carbocycles. The summed E-state index contributed by atoms with van der Waals surface area (Å²) in [6.07, 6.45) is 1.17. The first-order valence-electron chi connectivity index (χ1n) is 6.83. The van der Waals surface area contributed by atoms with Crippen molar-refractivity contribution in [1.29, 1.82) is 0 Å². The van der Waals surface area contributed by atoms with E-state index in [0.29, 0.717) is 24.5 Å². The monoisotopic (exact) mass is 303 g/mol. The molecule has 0 amide bonds. The number of benzene rings is 1. The number of hydrogen-bond donors (Lipinski definition) is 1. The van der Waals surface area contributed by atoms with Crippen molar-refractivity contribution < 1.29 is 19.4 Å². The molecule has 21 heavy (non-hydrogen) atoms. The Bertz CT molecular complexity index is 711. The third-order valence-corrected chi connectivity index (χ3v) is 5.04. The fourth-order valence-corrected chi connectivity index (χ4v) is 3.92. The van der Waals surface area contributed by atoms with Crippen LogP contribution in [0.5, 0.6) is 11.5 Å². The number of carboxylic acid groups (broad SMARTS) is 1. The SMILES string of the molecule is O=C(O)C1CCc2sc(C3COc4ccccc4O3)nc21. The van der Waals surface area contributed by atoms with Gasteiger partial charge in [-0.1, -0.05) is 12.1 Å². The van der Waals surface area contributed by atoms with Crippen LogP contribution >= 0.6 is 11.3 Å². The van der Waals surface area contributed by atoms with E-state index in [-0.39, 0.29) is 6.10 Å². The number of hydrogen-bond acceptors (Lipinski definition) is 5. The third-order valence-electron chi connectivity index (χ3n) is 3.82. The van der Waals surface area contributed by atoms with Gasteiger partial charge < -0.3 is 14.6 Å². The van der Waals surface area contributed by atoms with Gasteiger partial charge >= 0.3 is 5.97 Å². The summed E-state index contributed by atoms with van der Waals surface area (Å²) in [5, 5.41) is 10.0. The van der Waals surface area contributed by atoms with Gasteiger partial charge in [-0.05, 0) is 25.0 Å². The summed E-state index contributed by atoms with van der Waals surface area (Å²) in [5.41, 5.74) is 0.713. The molecule has 0 saturated heterocycles. The first-order chi connectivity index (χ1) is 10.2. The van der Waals surface area contributed by atoms with Crippen LogP contribution in [-0.4, -0.2) is 22.7 Å². The van der Waals surface area contributed by atoms with E-state index in [1.807, 2.05) is 24.3 Å². The highest BCUT2D eigenvalue weighted by molar-refractivity contribution is 7.11. The summed E-state index contributed by atoms with van der Waals surface area (Å²) in [7, 11) is 0. The number of aliphatic carboxylic acids is 1. The Morgan fingerprint density at radius 2 is 2.14 bits per heavy atom. The maximum atomic E-state index is 11.2. The molecule has 2 aromatic rings. The van der Waals surface area contributed by atoms with Crippen LogP contribution in [0.4, 0.5) is 0 Å². The summed E-state index contributed by atoms with van der Waals surface area (Å²) in [6, 6.07) is 7.53. The molecule has 2 atom stereocenters. The molecular weight excluding hydrogens is 290 g/mol. The number of fused-ring (bicyclic) bond motifs is 2. The van der Waals surface area contributed by atoms with Gasteiger partial charge in [-0.3, -0.25) is 4.79 Å². The Morgan fingerprint density at radius 1 is 1.33 bits per heavy atom. The van der Waals surface area contributed by atoms with E-state index in [1.54, 1.807) is 11.3 Å². The van der Waals surface area contributed by atoms with Crippen molar-refractivity contribution in [2.75, 3.05) is 6.61 Å². The number of para-hydroxylation sites is 2. The van der Waals surface area contributed by atoms with Crippen LogP contribution in [-0.2, 0) is 11.2 Å². The van der Waals surface area contributed by atoms with Gasteiger partial charge in [0, 0.05) is 4.88 Å². The molecule has 0 fully saturated rings. The van der Waals surface area contributed by atoms with Crippen molar-refractivity contribution in [3.05, 3.63) is 39.8 Å².